The topological polar surface area (TPSA) is 102 Å². The fourth-order valence-corrected chi connectivity index (χ4v) is 9.86. The van der Waals surface area contributed by atoms with Crippen LogP contribution in [0.4, 0.5) is 29.1 Å². The van der Waals surface area contributed by atoms with Gasteiger partial charge >= 0.3 is 6.01 Å². The molecule has 0 amide bonds. The number of aromatic nitrogens is 3. The first-order valence-electron chi connectivity index (χ1n) is 15.1. The Morgan fingerprint density at radius 1 is 1.16 bits per heavy atom. The first-order valence-corrected chi connectivity index (χ1v) is 16.2. The Kier molecular flexibility index (Phi) is 5.62. The van der Waals surface area contributed by atoms with E-state index in [0.717, 1.165) is 25.8 Å². The standard InChI is InChI=1S/C30H30F4IN7O2/c1-11-18(32)22(36)19(33)16(21(11)35)23-20(34)24-17-26(40-28(39-24)43-10-29-4-3-5-41(29)8-13(31)7-29)42-9-14-6-15-25(37-14)30(15,42)12(2)44-27(17)38-23/h12-15,25,37H,3-10,36H2,1-2H3/t12-,13+,14+,15?,25-,29-,30?/m0/s1. The Labute approximate surface area is 264 Å². The summed E-state index contributed by atoms with van der Waals surface area (Å²) in [4.78, 5) is 18.3. The number of ether oxygens (including phenoxy) is 2. The molecule has 44 heavy (non-hydrogen) atoms. The van der Waals surface area contributed by atoms with E-state index in [9.17, 15) is 8.78 Å². The molecule has 4 bridgehead atoms. The maximum absolute atomic E-state index is 16.8. The molecular weight excluding hydrogens is 693 g/mol. The molecule has 232 valence electrons. The van der Waals surface area contributed by atoms with Gasteiger partial charge in [-0.25, -0.2) is 22.5 Å². The minimum atomic E-state index is -1.10. The maximum atomic E-state index is 16.8. The Hall–Kier alpha value is -2.72. The number of nitrogens with two attached hydrogens (primary N) is 1. The second kappa shape index (κ2) is 8.96. The maximum Gasteiger partial charge on any atom is 0.319 e. The monoisotopic (exact) mass is 723 g/mol. The van der Waals surface area contributed by atoms with Gasteiger partial charge in [0.1, 0.15) is 47.0 Å². The van der Waals surface area contributed by atoms with E-state index in [1.807, 2.05) is 6.92 Å². The first-order chi connectivity index (χ1) is 21.0. The van der Waals surface area contributed by atoms with E-state index in [1.165, 1.54) is 6.92 Å². The summed E-state index contributed by atoms with van der Waals surface area (Å²) in [6, 6.07) is 0.379. The molecule has 1 aliphatic carbocycles. The number of benzene rings is 1. The zero-order valence-electron chi connectivity index (χ0n) is 24.1. The van der Waals surface area contributed by atoms with Crippen LogP contribution in [0.5, 0.6) is 11.9 Å². The van der Waals surface area contributed by atoms with Crippen LogP contribution < -0.4 is 25.4 Å². The third-order valence-electron chi connectivity index (χ3n) is 11.2. The highest BCUT2D eigenvalue weighted by molar-refractivity contribution is 14.1. The van der Waals surface area contributed by atoms with Crippen LogP contribution in [0.15, 0.2) is 0 Å². The number of fused-ring (bicyclic) bond motifs is 1. The second-order valence-corrected chi connectivity index (χ2v) is 14.4. The number of anilines is 2. The van der Waals surface area contributed by atoms with Crippen molar-refractivity contribution in [3.63, 3.8) is 0 Å². The van der Waals surface area contributed by atoms with Crippen molar-refractivity contribution in [2.45, 2.75) is 75.0 Å². The Morgan fingerprint density at radius 3 is 2.75 bits per heavy atom. The van der Waals surface area contributed by atoms with E-state index < -0.39 is 40.4 Å². The average Bonchev–Trinajstić information content (AvgIpc) is 3.23. The normalized spacial score (nSPS) is 34.6. The number of hydrogen-bond acceptors (Lipinski definition) is 9. The number of alkyl halides is 1. The van der Waals surface area contributed by atoms with E-state index in [1.54, 1.807) is 22.6 Å². The number of hydrogen-bond donors (Lipinski definition) is 2. The second-order valence-electron chi connectivity index (χ2n) is 13.3. The molecular formula is C30H30F4IN7O2. The molecule has 6 aliphatic heterocycles. The molecule has 5 saturated heterocycles. The van der Waals surface area contributed by atoms with Gasteiger partial charge in [-0.15, -0.1) is 0 Å². The van der Waals surface area contributed by atoms with Crippen LogP contribution in [0, 0.1) is 33.9 Å². The van der Waals surface area contributed by atoms with Gasteiger partial charge < -0.3 is 25.4 Å². The van der Waals surface area contributed by atoms with Crippen LogP contribution in [-0.4, -0.2) is 81.5 Å². The van der Waals surface area contributed by atoms with Crippen LogP contribution in [-0.2, 0) is 0 Å². The van der Waals surface area contributed by atoms with Crippen LogP contribution in [0.1, 0.15) is 38.2 Å². The largest absolute Gasteiger partial charge is 0.471 e. The lowest BCUT2D eigenvalue weighted by molar-refractivity contribution is 0.107. The molecule has 1 spiro atoms. The molecule has 9 nitrogen and oxygen atoms in total. The Bertz CT molecular complexity index is 1760. The number of nitrogens with zero attached hydrogens (tertiary/aromatic N) is 5. The molecule has 10 rings (SSSR count). The first kappa shape index (κ1) is 27.6. The fraction of sp³-hybridized carbons (Fsp3) is 0.567. The van der Waals surface area contributed by atoms with Gasteiger partial charge in [-0.1, -0.05) is 0 Å². The number of nitrogens with one attached hydrogen (secondary N) is 1. The van der Waals surface area contributed by atoms with Gasteiger partial charge in [-0.05, 0) is 62.2 Å². The van der Waals surface area contributed by atoms with E-state index in [4.69, 9.17) is 20.2 Å². The van der Waals surface area contributed by atoms with E-state index in [-0.39, 0.29) is 68.0 Å². The van der Waals surface area contributed by atoms with Crippen molar-refractivity contribution in [1.82, 2.24) is 25.2 Å². The lowest BCUT2D eigenvalue weighted by Crippen LogP contribution is -2.63. The van der Waals surface area contributed by atoms with Crippen molar-refractivity contribution in [3.05, 3.63) is 26.6 Å². The quantitative estimate of drug-likeness (QED) is 0.233. The molecule has 7 aliphatic rings. The highest BCUT2D eigenvalue weighted by atomic mass is 127. The van der Waals surface area contributed by atoms with Crippen molar-refractivity contribution in [2.24, 2.45) is 5.92 Å². The van der Waals surface area contributed by atoms with Gasteiger partial charge in [-0.2, -0.15) is 9.97 Å². The SMILES string of the molecule is Cc1c(F)c(N)c(F)c(-c2nc3c4c(nc(OC[C@@]56CCCN5C[C@H](F)C6)nc4c2F)N2C[C@H]4CC5[C@H](N4)C52[C@H](C)O3)c1I. The highest BCUT2D eigenvalue weighted by Crippen LogP contribution is 2.64. The summed E-state index contributed by atoms with van der Waals surface area (Å²) in [6.07, 6.45) is 1.79. The Morgan fingerprint density at radius 2 is 1.98 bits per heavy atom. The summed E-state index contributed by atoms with van der Waals surface area (Å²) in [6.45, 7) is 5.39. The summed E-state index contributed by atoms with van der Waals surface area (Å²) >= 11 is 1.78. The van der Waals surface area contributed by atoms with Gasteiger partial charge in [0, 0.05) is 46.6 Å². The zero-order valence-corrected chi connectivity index (χ0v) is 26.2. The predicted octanol–water partition coefficient (Wildman–Crippen LogP) is 4.26. The lowest BCUT2D eigenvalue weighted by Gasteiger charge is -2.45. The fourth-order valence-electron chi connectivity index (χ4n) is 9.13. The summed E-state index contributed by atoms with van der Waals surface area (Å²) in [5, 5.41) is 3.97. The Balaban J connectivity index is 1.25. The predicted molar refractivity (Wildman–Crippen MR) is 162 cm³/mol. The molecule has 0 radical (unpaired) electrons. The number of piperidine rings is 2. The summed E-state index contributed by atoms with van der Waals surface area (Å²) < 4.78 is 74.4. The van der Waals surface area contributed by atoms with Gasteiger partial charge in [0.2, 0.25) is 5.88 Å². The number of pyridine rings is 1. The van der Waals surface area contributed by atoms with Crippen molar-refractivity contribution < 1.29 is 27.0 Å². The van der Waals surface area contributed by atoms with E-state index >= 15 is 8.78 Å². The van der Waals surface area contributed by atoms with Crippen molar-refractivity contribution >= 4 is 45.0 Å². The van der Waals surface area contributed by atoms with Crippen molar-refractivity contribution in [2.75, 3.05) is 36.9 Å². The summed E-state index contributed by atoms with van der Waals surface area (Å²) in [5.41, 5.74) is 3.50. The third kappa shape index (κ3) is 3.34. The molecule has 7 atom stereocenters. The minimum absolute atomic E-state index is 0.0443. The van der Waals surface area contributed by atoms with E-state index in [2.05, 4.69) is 25.1 Å². The lowest BCUT2D eigenvalue weighted by atomic mass is 9.93. The number of piperazine rings is 1. The summed E-state index contributed by atoms with van der Waals surface area (Å²) in [5.74, 6) is -2.07. The van der Waals surface area contributed by atoms with Gasteiger partial charge in [-0.3, -0.25) is 4.90 Å². The third-order valence-corrected chi connectivity index (χ3v) is 12.5. The molecule has 14 heteroatoms. The molecule has 2 unspecified atom stereocenters. The molecule has 1 aromatic carbocycles. The number of halogens is 5. The van der Waals surface area contributed by atoms with E-state index in [0.29, 0.717) is 31.2 Å². The summed E-state index contributed by atoms with van der Waals surface area (Å²) in [7, 11) is 0. The molecule has 1 saturated carbocycles. The smallest absolute Gasteiger partial charge is 0.319 e. The number of nitrogen functional groups attached to an aromatic ring is 1. The van der Waals surface area contributed by atoms with Crippen LogP contribution in [0.3, 0.4) is 0 Å². The van der Waals surface area contributed by atoms with Crippen molar-refractivity contribution in [1.29, 1.82) is 0 Å². The van der Waals surface area contributed by atoms with Crippen LogP contribution in [0.2, 0.25) is 0 Å². The van der Waals surface area contributed by atoms with Crippen LogP contribution >= 0.6 is 22.6 Å². The van der Waals surface area contributed by atoms with Crippen LogP contribution in [0.25, 0.3) is 22.2 Å². The highest BCUT2D eigenvalue weighted by Gasteiger charge is 2.78. The van der Waals surface area contributed by atoms with Gasteiger partial charge in [0.05, 0.1) is 16.6 Å². The molecule has 3 aromatic rings. The minimum Gasteiger partial charge on any atom is -0.471 e. The van der Waals surface area contributed by atoms with Gasteiger partial charge in [0.25, 0.3) is 0 Å². The number of rotatable bonds is 4. The van der Waals surface area contributed by atoms with Crippen molar-refractivity contribution in [3.8, 4) is 23.1 Å². The zero-order chi connectivity index (χ0) is 30.4. The molecule has 2 aromatic heterocycles. The molecule has 3 N–H and O–H groups in total. The molecule has 6 fully saturated rings. The molecule has 8 heterocycles. The average molecular weight is 724 g/mol. The van der Waals surface area contributed by atoms with Gasteiger partial charge in [0.15, 0.2) is 17.5 Å².